The monoisotopic (exact) mass is 462 g/mol. The van der Waals surface area contributed by atoms with E-state index in [2.05, 4.69) is 5.32 Å². The molecule has 4 rings (SSSR count). The maximum Gasteiger partial charge on any atom is 0.337 e. The van der Waals surface area contributed by atoms with Crippen molar-refractivity contribution in [3.8, 4) is 5.75 Å². The number of amides is 2. The first-order valence-electron chi connectivity index (χ1n) is 10.9. The third-order valence-electron chi connectivity index (χ3n) is 5.45. The van der Waals surface area contributed by atoms with Crippen molar-refractivity contribution >= 4 is 23.5 Å². The molecule has 1 fully saturated rings. The molecule has 0 spiro atoms. The van der Waals surface area contributed by atoms with Crippen LogP contribution in [0.25, 0.3) is 0 Å². The summed E-state index contributed by atoms with van der Waals surface area (Å²) in [4.78, 5) is 39.1. The Bertz CT molecular complexity index is 1140. The van der Waals surface area contributed by atoms with Gasteiger partial charge in [-0.15, -0.1) is 0 Å². The fourth-order valence-electron chi connectivity index (χ4n) is 3.90. The topological polar surface area (TPSA) is 94.2 Å². The predicted octanol–water partition coefficient (Wildman–Crippen LogP) is 2.89. The Kier molecular flexibility index (Phi) is 6.40. The Morgan fingerprint density at radius 3 is 2.44 bits per heavy atom. The molecule has 176 valence electrons. The molecular weight excluding hydrogens is 436 g/mol. The molecule has 0 bridgehead atoms. The van der Waals surface area contributed by atoms with E-state index >= 15 is 0 Å². The molecule has 0 saturated carbocycles. The molecule has 0 unspecified atom stereocenters. The lowest BCUT2D eigenvalue weighted by molar-refractivity contribution is -0.203. The molecule has 1 saturated heterocycles. The average molecular weight is 463 g/mol. The van der Waals surface area contributed by atoms with Crippen molar-refractivity contribution in [2.75, 3.05) is 12.0 Å². The number of hydrogen-bond donors (Lipinski definition) is 1. The van der Waals surface area contributed by atoms with Crippen LogP contribution in [0.15, 0.2) is 78.6 Å². The number of benzene rings is 2. The maximum absolute atomic E-state index is 13.0. The summed E-state index contributed by atoms with van der Waals surface area (Å²) >= 11 is 0. The van der Waals surface area contributed by atoms with Gasteiger partial charge in [0.15, 0.2) is 0 Å². The van der Waals surface area contributed by atoms with Gasteiger partial charge in [0, 0.05) is 19.5 Å². The van der Waals surface area contributed by atoms with Gasteiger partial charge in [-0.3, -0.25) is 9.59 Å². The number of nitrogens with zero attached hydrogens (tertiary/aromatic N) is 1. The number of hydrogen-bond acceptors (Lipinski definition) is 6. The fourth-order valence-corrected chi connectivity index (χ4v) is 3.90. The molecular formula is C26H26N2O6. The summed E-state index contributed by atoms with van der Waals surface area (Å²) in [5.41, 5.74) is 1.51. The highest BCUT2D eigenvalue weighted by Crippen LogP contribution is 2.31. The lowest BCUT2D eigenvalue weighted by Gasteiger charge is -2.46. The van der Waals surface area contributed by atoms with Gasteiger partial charge in [0.05, 0.1) is 25.6 Å². The highest BCUT2D eigenvalue weighted by Gasteiger charge is 2.47. The first-order valence-corrected chi connectivity index (χ1v) is 10.9. The van der Waals surface area contributed by atoms with Crippen molar-refractivity contribution in [3.63, 3.8) is 0 Å². The average Bonchev–Trinajstić information content (AvgIpc) is 2.79. The third-order valence-corrected chi connectivity index (χ3v) is 5.45. The Labute approximate surface area is 197 Å². The zero-order chi connectivity index (χ0) is 24.3. The van der Waals surface area contributed by atoms with Crippen LogP contribution in [0.5, 0.6) is 5.75 Å². The van der Waals surface area contributed by atoms with Crippen LogP contribution >= 0.6 is 0 Å². The largest absolute Gasteiger partial charge is 0.497 e. The van der Waals surface area contributed by atoms with Crippen LogP contribution in [0, 0.1) is 0 Å². The van der Waals surface area contributed by atoms with Crippen molar-refractivity contribution in [1.82, 2.24) is 5.32 Å². The normalized spacial score (nSPS) is 21.3. The lowest BCUT2D eigenvalue weighted by atomic mass is 9.92. The highest BCUT2D eigenvalue weighted by atomic mass is 16.7. The number of cyclic esters (lactones) is 1. The minimum Gasteiger partial charge on any atom is -0.497 e. The first kappa shape index (κ1) is 23.1. The molecule has 34 heavy (non-hydrogen) atoms. The fraction of sp³-hybridized carbons (Fsp3) is 0.269. The molecule has 2 heterocycles. The van der Waals surface area contributed by atoms with E-state index in [4.69, 9.17) is 14.2 Å². The quantitative estimate of drug-likeness (QED) is 0.502. The van der Waals surface area contributed by atoms with Crippen LogP contribution in [0.1, 0.15) is 19.4 Å². The van der Waals surface area contributed by atoms with E-state index in [1.165, 1.54) is 6.08 Å². The number of allylic oxidation sites excluding steroid dienone is 1. The number of β-lactam (4-membered cyclic amide) rings is 1. The van der Waals surface area contributed by atoms with Crippen molar-refractivity contribution in [2.24, 2.45) is 0 Å². The van der Waals surface area contributed by atoms with Gasteiger partial charge in [-0.1, -0.05) is 36.4 Å². The molecule has 0 radical (unpaired) electrons. The number of methoxy groups -OCH3 is 1. The molecule has 0 aliphatic carbocycles. The predicted molar refractivity (Wildman–Crippen MR) is 125 cm³/mol. The molecule has 0 aromatic heterocycles. The van der Waals surface area contributed by atoms with Gasteiger partial charge in [0.2, 0.25) is 11.7 Å². The van der Waals surface area contributed by atoms with Gasteiger partial charge in [0.25, 0.3) is 5.91 Å². The molecule has 2 aromatic carbocycles. The summed E-state index contributed by atoms with van der Waals surface area (Å²) in [5, 5.41) is 2.84. The van der Waals surface area contributed by atoms with E-state index in [-0.39, 0.29) is 18.2 Å². The van der Waals surface area contributed by atoms with Crippen molar-refractivity contribution in [2.45, 2.75) is 38.1 Å². The number of carbonyl (C=O) groups is 3. The van der Waals surface area contributed by atoms with E-state index in [0.717, 1.165) is 5.56 Å². The van der Waals surface area contributed by atoms with Gasteiger partial charge >= 0.3 is 5.97 Å². The second-order valence-corrected chi connectivity index (χ2v) is 8.43. The number of rotatable bonds is 7. The van der Waals surface area contributed by atoms with Crippen molar-refractivity contribution < 1.29 is 28.6 Å². The zero-order valence-corrected chi connectivity index (χ0v) is 19.2. The van der Waals surface area contributed by atoms with Gasteiger partial charge in [-0.05, 0) is 35.9 Å². The first-order chi connectivity index (χ1) is 16.3. The Morgan fingerprint density at radius 2 is 1.79 bits per heavy atom. The molecule has 2 amide bonds. The molecule has 2 aliphatic rings. The molecule has 2 aliphatic heterocycles. The summed E-state index contributed by atoms with van der Waals surface area (Å²) < 4.78 is 16.0. The maximum atomic E-state index is 13.0. The summed E-state index contributed by atoms with van der Waals surface area (Å²) in [6.07, 6.45) is 4.76. The summed E-state index contributed by atoms with van der Waals surface area (Å²) in [5.74, 6) is -1.13. The number of nitrogens with one attached hydrogen (secondary N) is 1. The SMILES string of the molecule is COc1ccc(N2C(=O)[C@@H](NC(=O)Cc3ccccc3)[C@H]2C=CC2=CC(=O)OC(C)(C)O2)cc1. The standard InChI is InChI=1S/C26H26N2O6/c1-26(2)33-20(16-23(30)34-26)13-14-21-24(27-22(29)15-17-7-5-4-6-8-17)25(31)28(21)18-9-11-19(32-3)12-10-18/h4-14,16,21,24H,15H2,1-3H3,(H,27,29)/t21-,24+/m1/s1. The molecule has 1 N–H and O–H groups in total. The van der Waals surface area contributed by atoms with E-state index in [0.29, 0.717) is 17.2 Å². The van der Waals surface area contributed by atoms with Gasteiger partial charge in [-0.25, -0.2) is 4.79 Å². The van der Waals surface area contributed by atoms with Crippen LogP contribution < -0.4 is 15.0 Å². The second kappa shape index (κ2) is 9.43. The number of ether oxygens (including phenoxy) is 3. The summed E-state index contributed by atoms with van der Waals surface area (Å²) in [7, 11) is 1.57. The molecule has 8 nitrogen and oxygen atoms in total. The minimum atomic E-state index is -1.10. The molecule has 2 aromatic rings. The van der Waals surface area contributed by atoms with Crippen LogP contribution in [0.3, 0.4) is 0 Å². The van der Waals surface area contributed by atoms with Crippen molar-refractivity contribution in [1.29, 1.82) is 0 Å². The number of anilines is 1. The van der Waals surface area contributed by atoms with Crippen molar-refractivity contribution in [3.05, 3.63) is 84.1 Å². The van der Waals surface area contributed by atoms with Crippen LogP contribution in [-0.4, -0.2) is 42.8 Å². The van der Waals surface area contributed by atoms with Crippen LogP contribution in [0.4, 0.5) is 5.69 Å². The minimum absolute atomic E-state index is 0.165. The Morgan fingerprint density at radius 1 is 1.09 bits per heavy atom. The summed E-state index contributed by atoms with van der Waals surface area (Å²) in [6, 6.07) is 15.2. The smallest absolute Gasteiger partial charge is 0.337 e. The second-order valence-electron chi connectivity index (χ2n) is 8.43. The lowest BCUT2D eigenvalue weighted by Crippen LogP contribution is -2.70. The Balaban J connectivity index is 1.55. The van der Waals surface area contributed by atoms with Gasteiger partial charge in [0.1, 0.15) is 17.6 Å². The molecule has 2 atom stereocenters. The van der Waals surface area contributed by atoms with E-state index in [1.807, 2.05) is 30.3 Å². The Hall–Kier alpha value is -4.07. The molecule has 8 heteroatoms. The van der Waals surface area contributed by atoms with E-state index < -0.39 is 23.8 Å². The van der Waals surface area contributed by atoms with Gasteiger partial charge in [-0.2, -0.15) is 0 Å². The zero-order valence-electron chi connectivity index (χ0n) is 19.2. The third kappa shape index (κ3) is 5.11. The van der Waals surface area contributed by atoms with E-state index in [9.17, 15) is 14.4 Å². The number of esters is 1. The highest BCUT2D eigenvalue weighted by molar-refractivity contribution is 6.08. The van der Waals surface area contributed by atoms with E-state index in [1.54, 1.807) is 62.3 Å². The summed E-state index contributed by atoms with van der Waals surface area (Å²) in [6.45, 7) is 3.27. The van der Waals surface area contributed by atoms with Crippen LogP contribution in [-0.2, 0) is 30.3 Å². The van der Waals surface area contributed by atoms with Crippen LogP contribution in [0.2, 0.25) is 0 Å². The number of carbonyl (C=O) groups excluding carboxylic acids is 3. The van der Waals surface area contributed by atoms with Gasteiger partial charge < -0.3 is 24.4 Å².